The monoisotopic (exact) mass is 272 g/mol. The maximum atomic E-state index is 12.1. The van der Waals surface area contributed by atoms with Crippen molar-refractivity contribution in [1.82, 2.24) is 9.97 Å². The van der Waals surface area contributed by atoms with E-state index in [1.54, 1.807) is 24.3 Å². The highest BCUT2D eigenvalue weighted by atomic mass is 32.1. The van der Waals surface area contributed by atoms with E-state index in [0.29, 0.717) is 11.2 Å². The summed E-state index contributed by atoms with van der Waals surface area (Å²) in [4.78, 5) is 21.3. The molecule has 0 fully saturated rings. The van der Waals surface area contributed by atoms with Crippen molar-refractivity contribution in [2.75, 3.05) is 0 Å². The molecule has 5 heteroatoms. The van der Waals surface area contributed by atoms with E-state index >= 15 is 0 Å². The van der Waals surface area contributed by atoms with Crippen LogP contribution in [0.5, 0.6) is 5.75 Å². The van der Waals surface area contributed by atoms with Crippen LogP contribution in [0, 0.1) is 13.8 Å². The zero-order valence-corrected chi connectivity index (χ0v) is 11.3. The molecule has 3 aromatic rings. The highest BCUT2D eigenvalue weighted by molar-refractivity contribution is 7.18. The fourth-order valence-corrected chi connectivity index (χ4v) is 3.04. The van der Waals surface area contributed by atoms with Crippen LogP contribution in [-0.2, 0) is 0 Å². The summed E-state index contributed by atoms with van der Waals surface area (Å²) in [7, 11) is 0. The van der Waals surface area contributed by atoms with E-state index in [9.17, 15) is 9.90 Å². The topological polar surface area (TPSA) is 66.0 Å². The van der Waals surface area contributed by atoms with Crippen LogP contribution in [0.2, 0.25) is 0 Å². The van der Waals surface area contributed by atoms with Gasteiger partial charge in [0.15, 0.2) is 0 Å². The van der Waals surface area contributed by atoms with E-state index in [-0.39, 0.29) is 11.3 Å². The average molecular weight is 272 g/mol. The Hall–Kier alpha value is -2.14. The number of benzene rings is 1. The Labute approximate surface area is 113 Å². The van der Waals surface area contributed by atoms with Crippen LogP contribution >= 0.6 is 11.3 Å². The molecule has 0 saturated carbocycles. The predicted octanol–water partition coefficient (Wildman–Crippen LogP) is 2.97. The molecule has 2 N–H and O–H groups in total. The van der Waals surface area contributed by atoms with E-state index in [4.69, 9.17) is 0 Å². The number of aromatic amines is 1. The molecular formula is C14H12N2O2S. The number of phenolic OH excluding ortho intramolecular Hbond substituents is 1. The summed E-state index contributed by atoms with van der Waals surface area (Å²) in [6.07, 6.45) is 0. The Morgan fingerprint density at radius 3 is 2.58 bits per heavy atom. The number of nitrogens with zero attached hydrogens (tertiary/aromatic N) is 1. The van der Waals surface area contributed by atoms with E-state index in [1.165, 1.54) is 11.3 Å². The molecule has 1 aromatic carbocycles. The second kappa shape index (κ2) is 4.20. The number of nitrogens with one attached hydrogen (secondary N) is 1. The van der Waals surface area contributed by atoms with Crippen LogP contribution in [-0.4, -0.2) is 15.1 Å². The van der Waals surface area contributed by atoms with Gasteiger partial charge in [0.2, 0.25) is 0 Å². The third-order valence-corrected chi connectivity index (χ3v) is 4.28. The number of fused-ring (bicyclic) bond motifs is 1. The van der Waals surface area contributed by atoms with Crippen molar-refractivity contribution in [1.29, 1.82) is 0 Å². The van der Waals surface area contributed by atoms with Crippen LogP contribution < -0.4 is 5.56 Å². The summed E-state index contributed by atoms with van der Waals surface area (Å²) in [5, 5.41) is 9.95. The molecule has 0 saturated heterocycles. The lowest BCUT2D eigenvalue weighted by molar-refractivity contribution is 0.475. The van der Waals surface area contributed by atoms with Crippen molar-refractivity contribution >= 4 is 21.6 Å². The molecule has 2 heterocycles. The molecule has 4 nitrogen and oxygen atoms in total. The van der Waals surface area contributed by atoms with Crippen LogP contribution in [0.15, 0.2) is 29.1 Å². The van der Waals surface area contributed by atoms with Crippen LogP contribution in [0.4, 0.5) is 0 Å². The summed E-state index contributed by atoms with van der Waals surface area (Å²) in [5.74, 6) is 0.716. The molecule has 0 radical (unpaired) electrons. The molecule has 0 atom stereocenters. The number of aromatic hydroxyl groups is 1. The van der Waals surface area contributed by atoms with Gasteiger partial charge in [-0.05, 0) is 43.7 Å². The van der Waals surface area contributed by atoms with Gasteiger partial charge in [-0.25, -0.2) is 4.98 Å². The molecule has 0 amide bonds. The molecule has 96 valence electrons. The predicted molar refractivity (Wildman–Crippen MR) is 76.8 cm³/mol. The van der Waals surface area contributed by atoms with Gasteiger partial charge in [-0.3, -0.25) is 4.79 Å². The van der Waals surface area contributed by atoms with Crippen molar-refractivity contribution < 1.29 is 5.11 Å². The SMILES string of the molecule is Cc1sc2nc(-c3ccc(O)cc3)[nH]c(=O)c2c1C. The minimum absolute atomic E-state index is 0.116. The Morgan fingerprint density at radius 1 is 1.21 bits per heavy atom. The summed E-state index contributed by atoms with van der Waals surface area (Å²) in [5.41, 5.74) is 1.65. The summed E-state index contributed by atoms with van der Waals surface area (Å²) >= 11 is 1.52. The minimum atomic E-state index is -0.116. The Bertz CT molecular complexity index is 816. The number of thiophene rings is 1. The highest BCUT2D eigenvalue weighted by Gasteiger charge is 2.12. The normalized spacial score (nSPS) is 11.1. The number of phenols is 1. The summed E-state index contributed by atoms with van der Waals surface area (Å²) < 4.78 is 0. The zero-order chi connectivity index (χ0) is 13.6. The van der Waals surface area contributed by atoms with Gasteiger partial charge in [-0.2, -0.15) is 0 Å². The fraction of sp³-hybridized carbons (Fsp3) is 0.143. The molecule has 0 bridgehead atoms. The van der Waals surface area contributed by atoms with Crippen LogP contribution in [0.1, 0.15) is 10.4 Å². The number of aryl methyl sites for hydroxylation is 2. The third-order valence-electron chi connectivity index (χ3n) is 3.18. The highest BCUT2D eigenvalue weighted by Crippen LogP contribution is 2.27. The van der Waals surface area contributed by atoms with Gasteiger partial charge in [0.1, 0.15) is 16.4 Å². The lowest BCUT2D eigenvalue weighted by Gasteiger charge is -2.01. The van der Waals surface area contributed by atoms with E-state index < -0.39 is 0 Å². The first-order valence-corrected chi connectivity index (χ1v) is 6.67. The smallest absolute Gasteiger partial charge is 0.260 e. The van der Waals surface area contributed by atoms with Crippen LogP contribution in [0.3, 0.4) is 0 Å². The quantitative estimate of drug-likeness (QED) is 0.715. The van der Waals surface area contributed by atoms with Crippen LogP contribution in [0.25, 0.3) is 21.6 Å². The van der Waals surface area contributed by atoms with Crippen molar-refractivity contribution in [3.8, 4) is 17.1 Å². The largest absolute Gasteiger partial charge is 0.508 e. The number of hydrogen-bond acceptors (Lipinski definition) is 4. The maximum absolute atomic E-state index is 12.1. The second-order valence-electron chi connectivity index (χ2n) is 4.42. The molecule has 0 spiro atoms. The Morgan fingerprint density at radius 2 is 1.89 bits per heavy atom. The van der Waals surface area contributed by atoms with Gasteiger partial charge in [0.05, 0.1) is 5.39 Å². The van der Waals surface area contributed by atoms with E-state index in [1.807, 2.05) is 13.8 Å². The van der Waals surface area contributed by atoms with Gasteiger partial charge in [0, 0.05) is 10.4 Å². The zero-order valence-electron chi connectivity index (χ0n) is 10.5. The van der Waals surface area contributed by atoms with Crippen molar-refractivity contribution in [2.45, 2.75) is 13.8 Å². The fourth-order valence-electron chi connectivity index (χ4n) is 2.01. The van der Waals surface area contributed by atoms with Gasteiger partial charge in [-0.15, -0.1) is 11.3 Å². The van der Waals surface area contributed by atoms with Gasteiger partial charge in [0.25, 0.3) is 5.56 Å². The van der Waals surface area contributed by atoms with Gasteiger partial charge in [-0.1, -0.05) is 0 Å². The van der Waals surface area contributed by atoms with Crippen molar-refractivity contribution in [3.05, 3.63) is 45.1 Å². The number of aromatic nitrogens is 2. The van der Waals surface area contributed by atoms with E-state index in [2.05, 4.69) is 9.97 Å². The number of rotatable bonds is 1. The molecular weight excluding hydrogens is 260 g/mol. The molecule has 19 heavy (non-hydrogen) atoms. The average Bonchev–Trinajstić information content (AvgIpc) is 2.66. The summed E-state index contributed by atoms with van der Waals surface area (Å²) in [6, 6.07) is 6.61. The molecule has 0 aliphatic heterocycles. The van der Waals surface area contributed by atoms with Gasteiger partial charge < -0.3 is 10.1 Å². The molecule has 0 unspecified atom stereocenters. The molecule has 0 aliphatic rings. The molecule has 3 rings (SSSR count). The first-order valence-electron chi connectivity index (χ1n) is 5.85. The number of H-pyrrole nitrogens is 1. The lowest BCUT2D eigenvalue weighted by atomic mass is 10.2. The molecule has 2 aromatic heterocycles. The number of hydrogen-bond donors (Lipinski definition) is 2. The lowest BCUT2D eigenvalue weighted by Crippen LogP contribution is -2.09. The standard InChI is InChI=1S/C14H12N2O2S/c1-7-8(2)19-14-11(7)13(18)15-12(16-14)9-3-5-10(17)6-4-9/h3-6,17H,1-2H3,(H,15,16,18). The third kappa shape index (κ3) is 1.92. The van der Waals surface area contributed by atoms with Crippen molar-refractivity contribution in [2.24, 2.45) is 0 Å². The summed E-state index contributed by atoms with van der Waals surface area (Å²) in [6.45, 7) is 3.92. The second-order valence-corrected chi connectivity index (χ2v) is 5.63. The van der Waals surface area contributed by atoms with Gasteiger partial charge >= 0.3 is 0 Å². The first kappa shape index (κ1) is 11.9. The maximum Gasteiger partial charge on any atom is 0.260 e. The molecule has 0 aliphatic carbocycles. The minimum Gasteiger partial charge on any atom is -0.508 e. The van der Waals surface area contributed by atoms with E-state index in [0.717, 1.165) is 20.8 Å². The van der Waals surface area contributed by atoms with Crippen molar-refractivity contribution in [3.63, 3.8) is 0 Å². The Kier molecular flexibility index (Phi) is 2.64. The Balaban J connectivity index is 2.27. The first-order chi connectivity index (χ1) is 9.06.